The van der Waals surface area contributed by atoms with Gasteiger partial charge in [-0.05, 0) is 35.9 Å². The lowest BCUT2D eigenvalue weighted by Crippen LogP contribution is -2.42. The lowest BCUT2D eigenvalue weighted by Gasteiger charge is -2.32. The third kappa shape index (κ3) is 3.93. The maximum atomic E-state index is 11.7. The Morgan fingerprint density at radius 2 is 2.14 bits per heavy atom. The first-order valence-electron chi connectivity index (χ1n) is 6.14. The summed E-state index contributed by atoms with van der Waals surface area (Å²) in [5.74, 6) is 0. The number of ether oxygens (including phenoxy) is 2. The minimum absolute atomic E-state index is 0.00395. The van der Waals surface area contributed by atoms with Crippen molar-refractivity contribution in [2.24, 2.45) is 0 Å². The van der Waals surface area contributed by atoms with E-state index in [-0.39, 0.29) is 23.6 Å². The number of hydrogen-bond donors (Lipinski definition) is 0. The SMILES string of the molecule is C=C(Cl)OC(=O)N1CCO[C@H](c2ccc([N+](=O)[O-])cc2)C1. The Bertz CT molecular complexity index is 560. The van der Waals surface area contributed by atoms with Crippen LogP contribution in [0.3, 0.4) is 0 Å². The summed E-state index contributed by atoms with van der Waals surface area (Å²) in [4.78, 5) is 23.3. The molecule has 0 bridgehead atoms. The quantitative estimate of drug-likeness (QED) is 0.487. The zero-order valence-electron chi connectivity index (χ0n) is 11.0. The molecule has 0 spiro atoms. The molecule has 1 atom stereocenters. The monoisotopic (exact) mass is 312 g/mol. The largest absolute Gasteiger partial charge is 0.416 e. The van der Waals surface area contributed by atoms with Crippen LogP contribution in [0.5, 0.6) is 0 Å². The van der Waals surface area contributed by atoms with E-state index in [0.29, 0.717) is 13.2 Å². The summed E-state index contributed by atoms with van der Waals surface area (Å²) in [5.41, 5.74) is 0.757. The number of nitrogens with zero attached hydrogens (tertiary/aromatic N) is 2. The van der Waals surface area contributed by atoms with Crippen molar-refractivity contribution in [3.05, 3.63) is 51.7 Å². The normalized spacial score (nSPS) is 18.1. The molecule has 0 aliphatic carbocycles. The first-order chi connectivity index (χ1) is 9.97. The van der Waals surface area contributed by atoms with Crippen LogP contribution < -0.4 is 0 Å². The molecule has 1 aromatic carbocycles. The fraction of sp³-hybridized carbons (Fsp3) is 0.308. The predicted molar refractivity (Wildman–Crippen MR) is 74.8 cm³/mol. The number of amides is 1. The van der Waals surface area contributed by atoms with Crippen LogP contribution in [-0.2, 0) is 9.47 Å². The molecule has 0 saturated carbocycles. The number of nitro groups is 1. The van der Waals surface area contributed by atoms with Gasteiger partial charge in [0.15, 0.2) is 5.22 Å². The molecule has 1 heterocycles. The highest BCUT2D eigenvalue weighted by Gasteiger charge is 2.27. The standard InChI is InChI=1S/C13H13ClN2O5/c1-9(14)21-13(17)15-6-7-20-12(8-15)10-2-4-11(5-3-10)16(18)19/h2-5,12H,1,6-8H2/t12-/m0/s1. The van der Waals surface area contributed by atoms with E-state index in [9.17, 15) is 14.9 Å². The fourth-order valence-corrected chi connectivity index (χ4v) is 2.05. The summed E-state index contributed by atoms with van der Waals surface area (Å²) in [6, 6.07) is 6.02. The minimum Gasteiger partial charge on any atom is -0.398 e. The summed E-state index contributed by atoms with van der Waals surface area (Å²) >= 11 is 5.43. The first kappa shape index (κ1) is 15.3. The van der Waals surface area contributed by atoms with Gasteiger partial charge < -0.3 is 14.4 Å². The molecule has 0 radical (unpaired) electrons. The topological polar surface area (TPSA) is 81.9 Å². The molecule has 8 heteroatoms. The van der Waals surface area contributed by atoms with Crippen LogP contribution in [0, 0.1) is 10.1 Å². The molecule has 0 unspecified atom stereocenters. The molecule has 2 rings (SSSR count). The van der Waals surface area contributed by atoms with Crippen molar-refractivity contribution in [2.75, 3.05) is 19.7 Å². The van der Waals surface area contributed by atoms with Crippen molar-refractivity contribution in [3.63, 3.8) is 0 Å². The second-order valence-corrected chi connectivity index (χ2v) is 4.80. The molecular formula is C13H13ClN2O5. The molecule has 0 aromatic heterocycles. The van der Waals surface area contributed by atoms with Crippen LogP contribution in [0.1, 0.15) is 11.7 Å². The maximum Gasteiger partial charge on any atom is 0.416 e. The van der Waals surface area contributed by atoms with Gasteiger partial charge in [-0.2, -0.15) is 0 Å². The van der Waals surface area contributed by atoms with Crippen molar-refractivity contribution in [1.29, 1.82) is 0 Å². The Morgan fingerprint density at radius 1 is 1.48 bits per heavy atom. The average Bonchev–Trinajstić information content (AvgIpc) is 2.47. The van der Waals surface area contributed by atoms with Crippen LogP contribution in [0.2, 0.25) is 0 Å². The van der Waals surface area contributed by atoms with E-state index < -0.39 is 11.0 Å². The molecule has 0 N–H and O–H groups in total. The number of benzene rings is 1. The van der Waals surface area contributed by atoms with Gasteiger partial charge in [-0.1, -0.05) is 0 Å². The van der Waals surface area contributed by atoms with E-state index in [0.717, 1.165) is 5.56 Å². The second kappa shape index (κ2) is 6.55. The van der Waals surface area contributed by atoms with Gasteiger partial charge in [0.2, 0.25) is 0 Å². The van der Waals surface area contributed by atoms with Gasteiger partial charge in [0.1, 0.15) is 6.10 Å². The van der Waals surface area contributed by atoms with E-state index in [1.165, 1.54) is 17.0 Å². The molecule has 1 aliphatic rings. The van der Waals surface area contributed by atoms with Gasteiger partial charge in [-0.15, -0.1) is 0 Å². The zero-order chi connectivity index (χ0) is 15.4. The summed E-state index contributed by atoms with van der Waals surface area (Å²) in [6.45, 7) is 4.29. The number of nitro benzene ring substituents is 1. The molecule has 1 saturated heterocycles. The number of rotatable bonds is 3. The first-order valence-corrected chi connectivity index (χ1v) is 6.52. The number of non-ortho nitro benzene ring substituents is 1. The van der Waals surface area contributed by atoms with Crippen molar-refractivity contribution in [1.82, 2.24) is 4.90 Å². The molecule has 112 valence electrons. The average molecular weight is 313 g/mol. The van der Waals surface area contributed by atoms with E-state index >= 15 is 0 Å². The molecule has 1 fully saturated rings. The van der Waals surface area contributed by atoms with Crippen molar-refractivity contribution < 1.29 is 19.2 Å². The molecule has 21 heavy (non-hydrogen) atoms. The molecular weight excluding hydrogens is 300 g/mol. The number of carbonyl (C=O) groups is 1. The number of carbonyl (C=O) groups excluding carboxylic acids is 1. The van der Waals surface area contributed by atoms with Gasteiger partial charge in [0.25, 0.3) is 5.69 Å². The van der Waals surface area contributed by atoms with Crippen LogP contribution in [0.25, 0.3) is 0 Å². The predicted octanol–water partition coefficient (Wildman–Crippen LogP) is 2.81. The van der Waals surface area contributed by atoms with Crippen molar-refractivity contribution in [3.8, 4) is 0 Å². The van der Waals surface area contributed by atoms with Crippen molar-refractivity contribution >= 4 is 23.4 Å². The number of morpholine rings is 1. The summed E-state index contributed by atoms with van der Waals surface area (Å²) in [5, 5.41) is 10.4. The summed E-state index contributed by atoms with van der Waals surface area (Å²) < 4.78 is 10.3. The number of halogens is 1. The van der Waals surface area contributed by atoms with Gasteiger partial charge in [0.05, 0.1) is 18.1 Å². The Hall–Kier alpha value is -2.12. The fourth-order valence-electron chi connectivity index (χ4n) is 1.99. The molecule has 1 aliphatic heterocycles. The van der Waals surface area contributed by atoms with Crippen LogP contribution in [-0.4, -0.2) is 35.6 Å². The third-order valence-corrected chi connectivity index (χ3v) is 3.08. The van der Waals surface area contributed by atoms with Crippen LogP contribution >= 0.6 is 11.6 Å². The minimum atomic E-state index is -0.592. The maximum absolute atomic E-state index is 11.7. The Balaban J connectivity index is 2.05. The summed E-state index contributed by atoms with van der Waals surface area (Å²) in [6.07, 6.45) is -0.957. The molecule has 7 nitrogen and oxygen atoms in total. The van der Waals surface area contributed by atoms with Crippen LogP contribution in [0.15, 0.2) is 36.1 Å². The number of hydrogen-bond acceptors (Lipinski definition) is 5. The molecule has 1 aromatic rings. The van der Waals surface area contributed by atoms with E-state index in [1.54, 1.807) is 12.1 Å². The highest BCUT2D eigenvalue weighted by molar-refractivity contribution is 6.28. The van der Waals surface area contributed by atoms with Gasteiger partial charge in [0, 0.05) is 18.7 Å². The van der Waals surface area contributed by atoms with Gasteiger partial charge in [-0.25, -0.2) is 4.79 Å². The van der Waals surface area contributed by atoms with Crippen molar-refractivity contribution in [2.45, 2.75) is 6.10 Å². The lowest BCUT2D eigenvalue weighted by molar-refractivity contribution is -0.384. The Labute approximate surface area is 125 Å². The lowest BCUT2D eigenvalue weighted by atomic mass is 10.1. The van der Waals surface area contributed by atoms with Crippen LogP contribution in [0.4, 0.5) is 10.5 Å². The van der Waals surface area contributed by atoms with Gasteiger partial charge >= 0.3 is 6.09 Å². The van der Waals surface area contributed by atoms with E-state index in [1.807, 2.05) is 0 Å². The second-order valence-electron chi connectivity index (χ2n) is 4.38. The third-order valence-electron chi connectivity index (χ3n) is 3.00. The van der Waals surface area contributed by atoms with Gasteiger partial charge in [-0.3, -0.25) is 10.1 Å². The zero-order valence-corrected chi connectivity index (χ0v) is 11.8. The Morgan fingerprint density at radius 3 is 2.71 bits per heavy atom. The molecule has 1 amide bonds. The Kier molecular flexibility index (Phi) is 4.77. The van der Waals surface area contributed by atoms with E-state index in [4.69, 9.17) is 21.1 Å². The highest BCUT2D eigenvalue weighted by atomic mass is 35.5. The summed E-state index contributed by atoms with van der Waals surface area (Å²) in [7, 11) is 0. The highest BCUT2D eigenvalue weighted by Crippen LogP contribution is 2.24. The smallest absolute Gasteiger partial charge is 0.398 e. The van der Waals surface area contributed by atoms with E-state index in [2.05, 4.69) is 6.58 Å².